The molecule has 0 aliphatic carbocycles. The Bertz CT molecular complexity index is 391. The second kappa shape index (κ2) is 8.40. The zero-order chi connectivity index (χ0) is 15.9. The molecule has 0 fully saturated rings. The fourth-order valence-electron chi connectivity index (χ4n) is 2.87. The summed E-state index contributed by atoms with van der Waals surface area (Å²) in [6.07, 6.45) is 0. The normalized spacial score (nSPS) is 12.0. The van der Waals surface area contributed by atoms with Gasteiger partial charge < -0.3 is 15.1 Å². The van der Waals surface area contributed by atoms with E-state index in [1.165, 1.54) is 11.3 Å². The van der Waals surface area contributed by atoms with Crippen LogP contribution in [0.2, 0.25) is 0 Å². The van der Waals surface area contributed by atoms with Gasteiger partial charge in [0, 0.05) is 38.4 Å². The molecule has 1 N–H and O–H groups in total. The molecule has 0 spiro atoms. The molecule has 0 aliphatic heterocycles. The maximum atomic E-state index is 3.58. The molecule has 0 unspecified atom stereocenters. The van der Waals surface area contributed by atoms with E-state index < -0.39 is 0 Å². The van der Waals surface area contributed by atoms with Crippen molar-refractivity contribution >= 4 is 5.69 Å². The van der Waals surface area contributed by atoms with Crippen molar-refractivity contribution in [2.24, 2.45) is 5.41 Å². The van der Waals surface area contributed by atoms with Crippen LogP contribution in [-0.4, -0.2) is 45.2 Å². The lowest BCUT2D eigenvalue weighted by Crippen LogP contribution is -2.37. The van der Waals surface area contributed by atoms with Gasteiger partial charge in [0.1, 0.15) is 0 Å². The van der Waals surface area contributed by atoms with E-state index >= 15 is 0 Å². The van der Waals surface area contributed by atoms with E-state index in [-0.39, 0.29) is 0 Å². The van der Waals surface area contributed by atoms with Crippen LogP contribution >= 0.6 is 0 Å². The Kier molecular flexibility index (Phi) is 7.20. The molecule has 0 amide bonds. The van der Waals surface area contributed by atoms with E-state index in [0.717, 1.165) is 32.7 Å². The average molecular weight is 291 g/mol. The highest BCUT2D eigenvalue weighted by molar-refractivity contribution is 5.47. The first-order chi connectivity index (χ1) is 9.88. The maximum absolute atomic E-state index is 3.58. The Balaban J connectivity index is 2.46. The van der Waals surface area contributed by atoms with Crippen LogP contribution in [0.1, 0.15) is 33.3 Å². The minimum atomic E-state index is 0.296. The smallest absolute Gasteiger partial charge is 0.0366 e. The predicted molar refractivity (Wildman–Crippen MR) is 94.0 cm³/mol. The van der Waals surface area contributed by atoms with Gasteiger partial charge in [-0.15, -0.1) is 0 Å². The van der Waals surface area contributed by atoms with Crippen LogP contribution in [0.3, 0.4) is 0 Å². The first kappa shape index (κ1) is 18.0. The molecule has 0 saturated carbocycles. The van der Waals surface area contributed by atoms with E-state index in [2.05, 4.69) is 81.2 Å². The number of hydrogen-bond donors (Lipinski definition) is 1. The summed E-state index contributed by atoms with van der Waals surface area (Å²) in [5.41, 5.74) is 2.97. The fraction of sp³-hybridized carbons (Fsp3) is 0.667. The third-order valence-corrected chi connectivity index (χ3v) is 3.74. The van der Waals surface area contributed by atoms with Gasteiger partial charge in [-0.25, -0.2) is 0 Å². The van der Waals surface area contributed by atoms with Crippen molar-refractivity contribution in [3.05, 3.63) is 29.8 Å². The number of hydrogen-bond acceptors (Lipinski definition) is 3. The molecule has 3 nitrogen and oxygen atoms in total. The Morgan fingerprint density at radius 2 is 1.57 bits per heavy atom. The van der Waals surface area contributed by atoms with Gasteiger partial charge in [-0.3, -0.25) is 0 Å². The Hall–Kier alpha value is -1.06. The van der Waals surface area contributed by atoms with Crippen molar-refractivity contribution in [1.29, 1.82) is 0 Å². The van der Waals surface area contributed by atoms with Crippen LogP contribution in [-0.2, 0) is 6.54 Å². The van der Waals surface area contributed by atoms with Gasteiger partial charge in [0.15, 0.2) is 0 Å². The summed E-state index contributed by atoms with van der Waals surface area (Å²) in [6, 6.07) is 8.93. The minimum Gasteiger partial charge on any atom is -0.372 e. The highest BCUT2D eigenvalue weighted by Crippen LogP contribution is 2.16. The van der Waals surface area contributed by atoms with Gasteiger partial charge in [-0.05, 0) is 51.1 Å². The monoisotopic (exact) mass is 291 g/mol. The number of nitrogens with one attached hydrogen (secondary N) is 1. The van der Waals surface area contributed by atoms with Crippen molar-refractivity contribution in [3.63, 3.8) is 0 Å². The van der Waals surface area contributed by atoms with Crippen molar-refractivity contribution in [2.45, 2.75) is 34.2 Å². The van der Waals surface area contributed by atoms with Gasteiger partial charge in [0.25, 0.3) is 0 Å². The van der Waals surface area contributed by atoms with E-state index in [0.29, 0.717) is 5.41 Å². The average Bonchev–Trinajstić information content (AvgIpc) is 2.40. The van der Waals surface area contributed by atoms with E-state index in [1.807, 2.05) is 0 Å². The van der Waals surface area contributed by atoms with Crippen LogP contribution in [0.4, 0.5) is 5.69 Å². The maximum Gasteiger partial charge on any atom is 0.0366 e. The summed E-state index contributed by atoms with van der Waals surface area (Å²) in [4.78, 5) is 4.62. The van der Waals surface area contributed by atoms with Crippen LogP contribution in [0.5, 0.6) is 0 Å². The number of nitrogens with zero attached hydrogens (tertiary/aromatic N) is 2. The van der Waals surface area contributed by atoms with Crippen LogP contribution in [0, 0.1) is 5.41 Å². The summed E-state index contributed by atoms with van der Waals surface area (Å²) in [7, 11) is 4.27. The molecule has 1 rings (SSSR count). The molecule has 3 heteroatoms. The largest absolute Gasteiger partial charge is 0.372 e. The summed E-state index contributed by atoms with van der Waals surface area (Å²) in [5.74, 6) is 0. The first-order valence-corrected chi connectivity index (χ1v) is 8.07. The van der Waals surface area contributed by atoms with Crippen molar-refractivity contribution < 1.29 is 0 Å². The molecule has 120 valence electrons. The van der Waals surface area contributed by atoms with E-state index in [1.54, 1.807) is 0 Å². The lowest BCUT2D eigenvalue weighted by Gasteiger charge is -2.28. The highest BCUT2D eigenvalue weighted by atomic mass is 15.1. The topological polar surface area (TPSA) is 18.5 Å². The summed E-state index contributed by atoms with van der Waals surface area (Å²) < 4.78 is 0. The highest BCUT2D eigenvalue weighted by Gasteiger charge is 2.18. The third kappa shape index (κ3) is 6.49. The molecule has 0 saturated heterocycles. The molecule has 0 aromatic heterocycles. The molecule has 0 heterocycles. The van der Waals surface area contributed by atoms with Crippen molar-refractivity contribution in [2.75, 3.05) is 45.2 Å². The summed E-state index contributed by atoms with van der Waals surface area (Å²) in [6.45, 7) is 14.2. The molecular formula is C18H33N3. The number of rotatable bonds is 9. The second-order valence-corrected chi connectivity index (χ2v) is 6.84. The quantitative estimate of drug-likeness (QED) is 0.754. The predicted octanol–water partition coefficient (Wildman–Crippen LogP) is 3.21. The molecule has 1 aromatic carbocycles. The van der Waals surface area contributed by atoms with Gasteiger partial charge in [-0.2, -0.15) is 0 Å². The van der Waals surface area contributed by atoms with Gasteiger partial charge in [0.2, 0.25) is 0 Å². The lowest BCUT2D eigenvalue weighted by molar-refractivity contribution is 0.232. The van der Waals surface area contributed by atoms with Gasteiger partial charge in [-0.1, -0.05) is 26.0 Å². The summed E-state index contributed by atoms with van der Waals surface area (Å²) >= 11 is 0. The number of benzene rings is 1. The second-order valence-electron chi connectivity index (χ2n) is 6.84. The molecular weight excluding hydrogens is 258 g/mol. The Morgan fingerprint density at radius 3 is 2.05 bits per heavy atom. The van der Waals surface area contributed by atoms with Gasteiger partial charge in [0.05, 0.1) is 0 Å². The van der Waals surface area contributed by atoms with E-state index in [4.69, 9.17) is 0 Å². The van der Waals surface area contributed by atoms with Gasteiger partial charge >= 0.3 is 0 Å². The lowest BCUT2D eigenvalue weighted by atomic mass is 9.93. The SMILES string of the molecule is CCN(CC)c1ccc(CNCC(C)(C)CN(C)C)cc1. The fourth-order valence-corrected chi connectivity index (χ4v) is 2.87. The van der Waals surface area contributed by atoms with Crippen molar-refractivity contribution in [1.82, 2.24) is 10.2 Å². The Labute approximate surface area is 131 Å². The molecule has 0 aliphatic rings. The van der Waals surface area contributed by atoms with Crippen LogP contribution in [0.15, 0.2) is 24.3 Å². The van der Waals surface area contributed by atoms with Crippen molar-refractivity contribution in [3.8, 4) is 0 Å². The molecule has 0 bridgehead atoms. The van der Waals surface area contributed by atoms with Crippen LogP contribution in [0.25, 0.3) is 0 Å². The summed E-state index contributed by atoms with van der Waals surface area (Å²) in [5, 5.41) is 3.58. The number of anilines is 1. The molecule has 1 aromatic rings. The zero-order valence-corrected chi connectivity index (χ0v) is 14.7. The zero-order valence-electron chi connectivity index (χ0n) is 14.7. The standard InChI is InChI=1S/C18H33N3/c1-7-21(8-2)17-11-9-16(10-12-17)13-19-14-18(3,4)15-20(5)6/h9-12,19H,7-8,13-15H2,1-6H3. The third-order valence-electron chi connectivity index (χ3n) is 3.74. The molecule has 21 heavy (non-hydrogen) atoms. The van der Waals surface area contributed by atoms with E-state index in [9.17, 15) is 0 Å². The minimum absolute atomic E-state index is 0.296. The first-order valence-electron chi connectivity index (χ1n) is 8.07. The Morgan fingerprint density at radius 1 is 1.00 bits per heavy atom. The molecule has 0 atom stereocenters. The molecule has 0 radical (unpaired) electrons. The van der Waals surface area contributed by atoms with Crippen LogP contribution < -0.4 is 10.2 Å².